The third-order valence-electron chi connectivity index (χ3n) is 4.91. The van der Waals surface area contributed by atoms with Gasteiger partial charge in [-0.3, -0.25) is 9.59 Å². The minimum atomic E-state index is -4.03. The van der Waals surface area contributed by atoms with E-state index in [2.05, 4.69) is 4.72 Å². The van der Waals surface area contributed by atoms with Crippen LogP contribution in [0.15, 0.2) is 23.1 Å². The molecule has 8 heteroatoms. The fourth-order valence-corrected chi connectivity index (χ4v) is 4.32. The predicted octanol–water partition coefficient (Wildman–Crippen LogP) is 1.72. The fraction of sp³-hybridized carbons (Fsp3) is 0.529. The zero-order valence-electron chi connectivity index (χ0n) is 15.0. The first-order valence-electron chi connectivity index (χ1n) is 8.11. The molecule has 0 unspecified atom stereocenters. The van der Waals surface area contributed by atoms with Crippen LogP contribution in [0.25, 0.3) is 0 Å². The maximum Gasteiger partial charge on any atom is 0.322 e. The molecule has 1 aromatic rings. The predicted molar refractivity (Wildman–Crippen MR) is 94.1 cm³/mol. The molecule has 2 rings (SSSR count). The molecule has 25 heavy (non-hydrogen) atoms. The molecule has 0 saturated heterocycles. The van der Waals surface area contributed by atoms with Gasteiger partial charge < -0.3 is 10.0 Å². The van der Waals surface area contributed by atoms with Crippen molar-refractivity contribution in [2.24, 2.45) is 5.92 Å². The SMILES string of the molecule is CC[C@H](C)[C@@H](NS(=O)(=O)c1ccc2c(c1)C(C)(C)C(=O)N2C)C(=O)O. The molecular weight excluding hydrogens is 344 g/mol. The van der Waals surface area contributed by atoms with Gasteiger partial charge in [0.1, 0.15) is 6.04 Å². The lowest BCUT2D eigenvalue weighted by Gasteiger charge is -2.21. The van der Waals surface area contributed by atoms with Crippen LogP contribution in [-0.4, -0.2) is 38.5 Å². The monoisotopic (exact) mass is 368 g/mol. The number of amides is 1. The smallest absolute Gasteiger partial charge is 0.322 e. The number of benzene rings is 1. The quantitative estimate of drug-likeness (QED) is 0.796. The second-order valence-corrected chi connectivity index (χ2v) is 8.70. The van der Waals surface area contributed by atoms with Crippen molar-refractivity contribution in [1.82, 2.24) is 4.72 Å². The van der Waals surface area contributed by atoms with Gasteiger partial charge in [0.15, 0.2) is 0 Å². The molecule has 0 saturated carbocycles. The summed E-state index contributed by atoms with van der Waals surface area (Å²) in [5, 5.41) is 9.31. The van der Waals surface area contributed by atoms with Crippen molar-refractivity contribution in [1.29, 1.82) is 0 Å². The summed E-state index contributed by atoms with van der Waals surface area (Å²) in [7, 11) is -2.38. The van der Waals surface area contributed by atoms with E-state index in [0.29, 0.717) is 17.7 Å². The standard InChI is InChI=1S/C17H24N2O5S/c1-6-10(2)14(15(20)21)18-25(23,24)11-7-8-13-12(9-11)17(3,4)16(22)19(13)5/h7-10,14,18H,6H2,1-5H3,(H,20,21)/t10-,14+/m0/s1. The Bertz CT molecular complexity index is 816. The number of likely N-dealkylation sites (N-methyl/N-ethyl adjacent to an activating group) is 1. The molecule has 0 radical (unpaired) electrons. The summed E-state index contributed by atoms with van der Waals surface area (Å²) in [5.41, 5.74) is 0.433. The van der Waals surface area contributed by atoms with Crippen molar-refractivity contribution in [3.05, 3.63) is 23.8 Å². The molecule has 0 aromatic heterocycles. The third-order valence-corrected chi connectivity index (χ3v) is 6.35. The van der Waals surface area contributed by atoms with E-state index in [4.69, 9.17) is 0 Å². The number of hydrogen-bond acceptors (Lipinski definition) is 4. The van der Waals surface area contributed by atoms with Crippen molar-refractivity contribution < 1.29 is 23.1 Å². The number of nitrogens with one attached hydrogen (secondary N) is 1. The Kier molecular flexibility index (Phi) is 4.98. The van der Waals surface area contributed by atoms with Gasteiger partial charge in [-0.05, 0) is 43.5 Å². The molecule has 7 nitrogen and oxygen atoms in total. The molecule has 138 valence electrons. The van der Waals surface area contributed by atoms with Gasteiger partial charge in [0, 0.05) is 12.7 Å². The van der Waals surface area contributed by atoms with Gasteiger partial charge in [0.25, 0.3) is 0 Å². The highest BCUT2D eigenvalue weighted by Gasteiger charge is 2.43. The lowest BCUT2D eigenvalue weighted by molar-refractivity contribution is -0.140. The van der Waals surface area contributed by atoms with Crippen molar-refractivity contribution in [3.63, 3.8) is 0 Å². The summed E-state index contributed by atoms with van der Waals surface area (Å²) in [5.74, 6) is -1.69. The van der Waals surface area contributed by atoms with Gasteiger partial charge in [-0.1, -0.05) is 20.3 Å². The number of anilines is 1. The minimum Gasteiger partial charge on any atom is -0.480 e. The third kappa shape index (κ3) is 3.28. The number of carbonyl (C=O) groups excluding carboxylic acids is 1. The number of fused-ring (bicyclic) bond motifs is 1. The van der Waals surface area contributed by atoms with Crippen LogP contribution in [0.5, 0.6) is 0 Å². The van der Waals surface area contributed by atoms with E-state index in [-0.39, 0.29) is 16.7 Å². The number of carboxylic acids is 1. The molecule has 1 aliphatic rings. The molecule has 0 spiro atoms. The van der Waals surface area contributed by atoms with Crippen molar-refractivity contribution in [2.45, 2.75) is 50.5 Å². The number of rotatable bonds is 6. The van der Waals surface area contributed by atoms with E-state index in [9.17, 15) is 23.1 Å². The molecule has 0 fully saturated rings. The molecule has 0 aliphatic carbocycles. The van der Waals surface area contributed by atoms with Crippen LogP contribution in [0.1, 0.15) is 39.7 Å². The van der Waals surface area contributed by atoms with Crippen LogP contribution in [0.4, 0.5) is 5.69 Å². The first-order valence-corrected chi connectivity index (χ1v) is 9.59. The van der Waals surface area contributed by atoms with Gasteiger partial charge in [0.2, 0.25) is 15.9 Å². The summed E-state index contributed by atoms with van der Waals surface area (Å²) in [6.45, 7) is 6.95. The van der Waals surface area contributed by atoms with Crippen molar-refractivity contribution >= 4 is 27.6 Å². The Morgan fingerprint density at radius 1 is 1.36 bits per heavy atom. The van der Waals surface area contributed by atoms with E-state index < -0.39 is 27.4 Å². The van der Waals surface area contributed by atoms with Gasteiger partial charge >= 0.3 is 5.97 Å². The molecule has 0 bridgehead atoms. The van der Waals surface area contributed by atoms with Gasteiger partial charge in [0.05, 0.1) is 10.3 Å². The van der Waals surface area contributed by atoms with Crippen LogP contribution in [0.2, 0.25) is 0 Å². The largest absolute Gasteiger partial charge is 0.480 e. The Morgan fingerprint density at radius 2 is 1.96 bits per heavy atom. The number of hydrogen-bond donors (Lipinski definition) is 2. The van der Waals surface area contributed by atoms with E-state index in [1.807, 2.05) is 0 Å². The van der Waals surface area contributed by atoms with E-state index in [0.717, 1.165) is 0 Å². The van der Waals surface area contributed by atoms with Crippen molar-refractivity contribution in [3.8, 4) is 0 Å². The van der Waals surface area contributed by atoms with Gasteiger partial charge in [-0.2, -0.15) is 4.72 Å². The van der Waals surface area contributed by atoms with E-state index >= 15 is 0 Å². The maximum atomic E-state index is 12.7. The van der Waals surface area contributed by atoms with Crippen molar-refractivity contribution in [2.75, 3.05) is 11.9 Å². The van der Waals surface area contributed by atoms with E-state index in [1.165, 1.54) is 17.0 Å². The van der Waals surface area contributed by atoms with Crippen LogP contribution < -0.4 is 9.62 Å². The van der Waals surface area contributed by atoms with Crippen LogP contribution in [0, 0.1) is 5.92 Å². The summed E-state index contributed by atoms with van der Waals surface area (Å²) in [4.78, 5) is 25.2. The minimum absolute atomic E-state index is 0.0445. The van der Waals surface area contributed by atoms with Crippen LogP contribution >= 0.6 is 0 Å². The molecule has 1 heterocycles. The van der Waals surface area contributed by atoms with E-state index in [1.54, 1.807) is 40.8 Å². The Morgan fingerprint density at radius 3 is 2.48 bits per heavy atom. The average molecular weight is 368 g/mol. The zero-order chi connectivity index (χ0) is 19.2. The highest BCUT2D eigenvalue weighted by atomic mass is 32.2. The molecule has 1 aliphatic heterocycles. The first-order chi connectivity index (χ1) is 11.4. The number of aliphatic carboxylic acids is 1. The van der Waals surface area contributed by atoms with Gasteiger partial charge in [-0.25, -0.2) is 8.42 Å². The zero-order valence-corrected chi connectivity index (χ0v) is 15.8. The summed E-state index contributed by atoms with van der Waals surface area (Å²) in [6, 6.07) is 3.21. The lowest BCUT2D eigenvalue weighted by atomic mass is 9.86. The highest BCUT2D eigenvalue weighted by Crippen LogP contribution is 2.41. The Labute approximate surface area is 148 Å². The molecule has 2 atom stereocenters. The molecule has 2 N–H and O–H groups in total. The number of carbonyl (C=O) groups is 2. The average Bonchev–Trinajstić information content (AvgIpc) is 2.72. The summed E-state index contributed by atoms with van der Waals surface area (Å²) < 4.78 is 27.6. The Balaban J connectivity index is 2.44. The summed E-state index contributed by atoms with van der Waals surface area (Å²) >= 11 is 0. The second-order valence-electron chi connectivity index (χ2n) is 6.99. The Hall–Kier alpha value is -1.93. The van der Waals surface area contributed by atoms with Crippen LogP contribution in [-0.2, 0) is 25.0 Å². The number of carboxylic acid groups (broad SMARTS) is 1. The normalized spacial score (nSPS) is 18.8. The highest BCUT2D eigenvalue weighted by molar-refractivity contribution is 7.89. The fourth-order valence-electron chi connectivity index (χ4n) is 3.00. The lowest BCUT2D eigenvalue weighted by Crippen LogP contribution is -2.44. The second kappa shape index (κ2) is 6.42. The first kappa shape index (κ1) is 19.4. The van der Waals surface area contributed by atoms with Gasteiger partial charge in [-0.15, -0.1) is 0 Å². The molecular formula is C17H24N2O5S. The topological polar surface area (TPSA) is 104 Å². The molecule has 1 amide bonds. The number of sulfonamides is 1. The molecule has 1 aromatic carbocycles. The van der Waals surface area contributed by atoms with Crippen LogP contribution in [0.3, 0.4) is 0 Å². The number of nitrogens with zero attached hydrogens (tertiary/aromatic N) is 1. The summed E-state index contributed by atoms with van der Waals surface area (Å²) in [6.07, 6.45) is 0.524. The maximum absolute atomic E-state index is 12.7.